The van der Waals surface area contributed by atoms with Gasteiger partial charge in [-0.25, -0.2) is 0 Å². The molecular weight excluding hydrogens is 198 g/mol. The molecule has 0 bridgehead atoms. The highest BCUT2D eigenvalue weighted by molar-refractivity contribution is 5.53. The van der Waals surface area contributed by atoms with E-state index in [2.05, 4.69) is 22.8 Å². The van der Waals surface area contributed by atoms with Crippen molar-refractivity contribution in [3.8, 4) is 0 Å². The minimum absolute atomic E-state index is 0.165. The molecule has 2 rings (SSSR count). The second-order valence-electron chi connectivity index (χ2n) is 3.91. The zero-order chi connectivity index (χ0) is 11.4. The molecule has 0 amide bonds. The van der Waals surface area contributed by atoms with Crippen LogP contribution in [0.3, 0.4) is 0 Å². The van der Waals surface area contributed by atoms with Gasteiger partial charge in [-0.15, -0.1) is 0 Å². The molecule has 2 aromatic rings. The molecule has 1 heterocycles. The van der Waals surface area contributed by atoms with Crippen LogP contribution in [0.15, 0.2) is 48.7 Å². The Balaban J connectivity index is 2.39. The lowest BCUT2D eigenvalue weighted by molar-refractivity contribution is -0.108. The second kappa shape index (κ2) is 4.79. The quantitative estimate of drug-likeness (QED) is 0.716. The highest BCUT2D eigenvalue weighted by Gasteiger charge is 2.15. The first-order chi connectivity index (χ1) is 7.83. The fourth-order valence-corrected chi connectivity index (χ4v) is 2.05. The van der Waals surface area contributed by atoms with Crippen LogP contribution in [-0.4, -0.2) is 10.9 Å². The number of aryl methyl sites for hydroxylation is 1. The van der Waals surface area contributed by atoms with Gasteiger partial charge in [0.15, 0.2) is 0 Å². The minimum Gasteiger partial charge on any atom is -0.354 e. The third-order valence-corrected chi connectivity index (χ3v) is 2.87. The molecule has 1 aromatic heterocycles. The van der Waals surface area contributed by atoms with Crippen LogP contribution in [0.4, 0.5) is 0 Å². The second-order valence-corrected chi connectivity index (χ2v) is 3.91. The summed E-state index contributed by atoms with van der Waals surface area (Å²) >= 11 is 0. The summed E-state index contributed by atoms with van der Waals surface area (Å²) in [6.45, 7) is 0. The molecule has 2 nitrogen and oxygen atoms in total. The summed E-state index contributed by atoms with van der Waals surface area (Å²) < 4.78 is 2.07. The molecule has 0 saturated carbocycles. The van der Waals surface area contributed by atoms with Gasteiger partial charge >= 0.3 is 0 Å². The van der Waals surface area contributed by atoms with E-state index in [9.17, 15) is 4.79 Å². The SMILES string of the molecule is Cn1cccc1[C@H](CC=O)c1ccccc1. The number of aromatic nitrogens is 1. The van der Waals surface area contributed by atoms with Crippen LogP contribution >= 0.6 is 0 Å². The van der Waals surface area contributed by atoms with Crippen molar-refractivity contribution in [3.05, 3.63) is 59.9 Å². The zero-order valence-electron chi connectivity index (χ0n) is 9.34. The Labute approximate surface area is 95.5 Å². The summed E-state index contributed by atoms with van der Waals surface area (Å²) in [6, 6.07) is 14.2. The van der Waals surface area contributed by atoms with E-state index in [0.29, 0.717) is 6.42 Å². The van der Waals surface area contributed by atoms with Crippen LogP contribution in [0, 0.1) is 0 Å². The number of carbonyl (C=O) groups excluding carboxylic acids is 1. The van der Waals surface area contributed by atoms with Crippen molar-refractivity contribution >= 4 is 6.29 Å². The van der Waals surface area contributed by atoms with Crippen LogP contribution in [0.2, 0.25) is 0 Å². The van der Waals surface area contributed by atoms with Crippen molar-refractivity contribution < 1.29 is 4.79 Å². The Kier molecular flexibility index (Phi) is 3.20. The monoisotopic (exact) mass is 213 g/mol. The van der Waals surface area contributed by atoms with Crippen molar-refractivity contribution in [2.45, 2.75) is 12.3 Å². The molecule has 1 atom stereocenters. The lowest BCUT2D eigenvalue weighted by atomic mass is 9.93. The zero-order valence-corrected chi connectivity index (χ0v) is 9.34. The van der Waals surface area contributed by atoms with Crippen molar-refractivity contribution in [2.75, 3.05) is 0 Å². The molecule has 16 heavy (non-hydrogen) atoms. The molecule has 1 aromatic carbocycles. The Morgan fingerprint density at radius 1 is 1.19 bits per heavy atom. The predicted molar refractivity (Wildman–Crippen MR) is 64.4 cm³/mol. The molecule has 82 valence electrons. The summed E-state index contributed by atoms with van der Waals surface area (Å²) in [5.74, 6) is 0.165. The lowest BCUT2D eigenvalue weighted by Crippen LogP contribution is -2.06. The van der Waals surface area contributed by atoms with Crippen molar-refractivity contribution in [2.24, 2.45) is 7.05 Å². The minimum atomic E-state index is 0.165. The van der Waals surface area contributed by atoms with Crippen molar-refractivity contribution in [1.29, 1.82) is 0 Å². The molecule has 0 aliphatic carbocycles. The van der Waals surface area contributed by atoms with E-state index in [1.807, 2.05) is 37.5 Å². The Morgan fingerprint density at radius 2 is 1.94 bits per heavy atom. The molecule has 0 spiro atoms. The van der Waals surface area contributed by atoms with Gasteiger partial charge < -0.3 is 9.36 Å². The third-order valence-electron chi connectivity index (χ3n) is 2.87. The first-order valence-corrected chi connectivity index (χ1v) is 5.42. The smallest absolute Gasteiger partial charge is 0.120 e. The highest BCUT2D eigenvalue weighted by atomic mass is 16.1. The summed E-state index contributed by atoms with van der Waals surface area (Å²) in [6.07, 6.45) is 3.53. The maximum absolute atomic E-state index is 10.8. The van der Waals surface area contributed by atoms with E-state index in [4.69, 9.17) is 0 Å². The Hall–Kier alpha value is -1.83. The average molecular weight is 213 g/mol. The maximum atomic E-state index is 10.8. The number of carbonyl (C=O) groups is 1. The van der Waals surface area contributed by atoms with Gasteiger partial charge in [0.1, 0.15) is 6.29 Å². The topological polar surface area (TPSA) is 22.0 Å². The van der Waals surface area contributed by atoms with Crippen LogP contribution in [0.1, 0.15) is 23.6 Å². The van der Waals surface area contributed by atoms with E-state index in [-0.39, 0.29) is 5.92 Å². The first kappa shape index (κ1) is 10.7. The molecule has 0 aliphatic rings. The number of aldehydes is 1. The predicted octanol–water partition coefficient (Wildman–Crippen LogP) is 2.75. The normalized spacial score (nSPS) is 12.3. The van der Waals surface area contributed by atoms with E-state index in [1.54, 1.807) is 0 Å². The molecule has 2 heteroatoms. The fourth-order valence-electron chi connectivity index (χ4n) is 2.05. The fraction of sp³-hybridized carbons (Fsp3) is 0.214. The summed E-state index contributed by atoms with van der Waals surface area (Å²) in [5.41, 5.74) is 2.37. The number of hydrogen-bond acceptors (Lipinski definition) is 1. The number of rotatable bonds is 4. The third kappa shape index (κ3) is 2.06. The van der Waals surface area contributed by atoms with E-state index in [0.717, 1.165) is 6.29 Å². The standard InChI is InChI=1S/C14H15NO/c1-15-10-5-8-14(15)13(9-11-16)12-6-3-2-4-7-12/h2-8,10-11,13H,9H2,1H3/t13-/m1/s1. The first-order valence-electron chi connectivity index (χ1n) is 5.42. The largest absolute Gasteiger partial charge is 0.354 e. The maximum Gasteiger partial charge on any atom is 0.120 e. The van der Waals surface area contributed by atoms with Crippen molar-refractivity contribution in [3.63, 3.8) is 0 Å². The number of nitrogens with zero attached hydrogens (tertiary/aromatic N) is 1. The molecule has 0 fully saturated rings. The van der Waals surface area contributed by atoms with Gasteiger partial charge in [-0.2, -0.15) is 0 Å². The summed E-state index contributed by atoms with van der Waals surface area (Å²) in [4.78, 5) is 10.8. The van der Waals surface area contributed by atoms with Crippen LogP contribution in [0.25, 0.3) is 0 Å². The average Bonchev–Trinajstić information content (AvgIpc) is 2.73. The van der Waals surface area contributed by atoms with E-state index in [1.165, 1.54) is 11.3 Å². The van der Waals surface area contributed by atoms with Crippen molar-refractivity contribution in [1.82, 2.24) is 4.57 Å². The molecular formula is C14H15NO. The molecule has 0 radical (unpaired) electrons. The number of benzene rings is 1. The lowest BCUT2D eigenvalue weighted by Gasteiger charge is -2.15. The molecule has 0 N–H and O–H groups in total. The Bertz CT molecular complexity index is 459. The van der Waals surface area contributed by atoms with Crippen LogP contribution in [0.5, 0.6) is 0 Å². The van der Waals surface area contributed by atoms with Gasteiger partial charge in [-0.05, 0) is 17.7 Å². The van der Waals surface area contributed by atoms with E-state index >= 15 is 0 Å². The van der Waals surface area contributed by atoms with Gasteiger partial charge in [0.2, 0.25) is 0 Å². The van der Waals surface area contributed by atoms with Gasteiger partial charge in [0.25, 0.3) is 0 Å². The van der Waals surface area contributed by atoms with Crippen LogP contribution < -0.4 is 0 Å². The van der Waals surface area contributed by atoms with Gasteiger partial charge in [0.05, 0.1) is 0 Å². The van der Waals surface area contributed by atoms with Gasteiger partial charge in [-0.1, -0.05) is 30.3 Å². The van der Waals surface area contributed by atoms with Gasteiger partial charge in [0, 0.05) is 31.3 Å². The van der Waals surface area contributed by atoms with Crippen LogP contribution in [-0.2, 0) is 11.8 Å². The Morgan fingerprint density at radius 3 is 2.50 bits per heavy atom. The summed E-state index contributed by atoms with van der Waals surface area (Å²) in [7, 11) is 2.01. The molecule has 0 saturated heterocycles. The summed E-state index contributed by atoms with van der Waals surface area (Å²) in [5, 5.41) is 0. The molecule has 0 aliphatic heterocycles. The molecule has 0 unspecified atom stereocenters. The number of hydrogen-bond donors (Lipinski definition) is 0. The highest BCUT2D eigenvalue weighted by Crippen LogP contribution is 2.26. The van der Waals surface area contributed by atoms with E-state index < -0.39 is 0 Å². The van der Waals surface area contributed by atoms with Gasteiger partial charge in [-0.3, -0.25) is 0 Å².